The number of fused-ring (bicyclic) bond motifs is 25. The van der Waals surface area contributed by atoms with Crippen LogP contribution in [0.5, 0.6) is 0 Å². The first-order valence-corrected chi connectivity index (χ1v) is 42.9. The van der Waals surface area contributed by atoms with Gasteiger partial charge in [-0.2, -0.15) is 0 Å². The van der Waals surface area contributed by atoms with Gasteiger partial charge in [0.2, 0.25) is 0 Å². The summed E-state index contributed by atoms with van der Waals surface area (Å²) in [6.07, 6.45) is 6.53. The van der Waals surface area contributed by atoms with E-state index in [0.29, 0.717) is 0 Å². The second kappa shape index (κ2) is 29.5. The van der Waals surface area contributed by atoms with Crippen LogP contribution >= 0.6 is 0 Å². The van der Waals surface area contributed by atoms with Crippen molar-refractivity contribution in [2.24, 2.45) is 0 Å². The smallest absolute Gasteiger partial charge is 0.143 e. The van der Waals surface area contributed by atoms with E-state index in [1.165, 1.54) is 104 Å². The third-order valence-electron chi connectivity index (χ3n) is 25.6. The summed E-state index contributed by atoms with van der Waals surface area (Å²) < 4.78 is 29.0. The van der Waals surface area contributed by atoms with Gasteiger partial charge in [-0.25, -0.2) is 0 Å². The Balaban J connectivity index is 0.000000104. The van der Waals surface area contributed by atoms with Crippen molar-refractivity contribution in [2.45, 2.75) is 0 Å². The number of aromatic nitrogens is 4. The summed E-state index contributed by atoms with van der Waals surface area (Å²) in [4.78, 5) is 2.30. The number of rotatable bonds is 10. The van der Waals surface area contributed by atoms with Crippen LogP contribution < -0.4 is 4.90 Å². The highest BCUT2D eigenvalue weighted by Crippen LogP contribution is 2.49. The fourth-order valence-electron chi connectivity index (χ4n) is 19.8. The molecule has 126 heavy (non-hydrogen) atoms. The van der Waals surface area contributed by atoms with Crippen molar-refractivity contribution in [1.82, 2.24) is 18.3 Å². The van der Waals surface area contributed by atoms with E-state index in [2.05, 4.69) is 460 Å². The Morgan fingerprint density at radius 3 is 0.952 bits per heavy atom. The molecule has 0 N–H and O–H groups in total. The monoisotopic (exact) mass is 1610 g/mol. The predicted molar refractivity (Wildman–Crippen MR) is 527 cm³/mol. The molecule has 0 unspecified atom stereocenters. The van der Waals surface area contributed by atoms with Crippen LogP contribution in [0.25, 0.3) is 220 Å². The Bertz CT molecular complexity index is 8910. The summed E-state index contributed by atoms with van der Waals surface area (Å²) in [7, 11) is 0. The molecule has 27 aromatic rings. The van der Waals surface area contributed by atoms with Crippen molar-refractivity contribution in [3.8, 4) is 56.1 Å². The van der Waals surface area contributed by atoms with Crippen molar-refractivity contribution >= 4 is 180 Å². The van der Waals surface area contributed by atoms with Crippen LogP contribution in [0.1, 0.15) is 0 Å². The molecule has 0 amide bonds. The molecule has 0 fully saturated rings. The van der Waals surface area contributed by atoms with E-state index in [1.807, 2.05) is 18.2 Å². The number of benzene rings is 20. The first-order chi connectivity index (χ1) is 62.5. The summed E-state index contributed by atoms with van der Waals surface area (Å²) in [5, 5.41) is 22.4. The summed E-state index contributed by atoms with van der Waals surface area (Å²) in [5.74, 6) is 0. The topological polar surface area (TPSA) is 62.4 Å². The number of hydrogen-bond acceptors (Lipinski definition) is 4. The van der Waals surface area contributed by atoms with Crippen LogP contribution in [-0.2, 0) is 0 Å². The molecule has 20 aromatic carbocycles. The Kier molecular flexibility index (Phi) is 16.8. The molecule has 0 aliphatic carbocycles. The summed E-state index contributed by atoms with van der Waals surface area (Å²) in [5.41, 5.74) is 26.5. The second-order valence-electron chi connectivity index (χ2n) is 32.6. The van der Waals surface area contributed by atoms with Crippen molar-refractivity contribution in [1.29, 1.82) is 0 Å². The molecule has 27 rings (SSSR count). The standard InChI is InChI=1S/C42H26N2O.C42H28N2O.C34H21NO/c1-3-11-28(12-4-1)43-24-23-34-39(43)26-35(32-20-21-33-31-16-8-10-18-40(31)45-42(33)41(32)34)27-19-22-38-36(25-27)30-15-7-9-17-37(30)44(38)29-13-5-2-6-14-29;1-4-12-30(13-5-1)43-27-26-37-39(43)28-38(35-24-25-36-34-18-10-11-19-40(34)45-42(36)41(35)37)29-20-22-33(23-21-29)44(31-14-6-2-7-15-31)32-16-8-3-9-17-32;1-2-10-25(11-3-1)35-19-18-29-31(35)21-30(24-15-14-22-8-4-5-9-23(22)20-24)27-16-17-28-26-12-6-7-13-32(26)36-34(28)33(27)29/h1-26H;1-28H;1-21H. The molecule has 0 radical (unpaired) electrons. The van der Waals surface area contributed by atoms with Gasteiger partial charge in [0, 0.05) is 134 Å². The maximum Gasteiger partial charge on any atom is 0.143 e. The van der Waals surface area contributed by atoms with Crippen LogP contribution in [0.4, 0.5) is 17.1 Å². The highest BCUT2D eigenvalue weighted by Gasteiger charge is 2.25. The number of hydrogen-bond donors (Lipinski definition) is 0. The van der Waals surface area contributed by atoms with Crippen LogP contribution in [0, 0.1) is 0 Å². The van der Waals surface area contributed by atoms with Crippen molar-refractivity contribution < 1.29 is 13.3 Å². The molecule has 0 atom stereocenters. The van der Waals surface area contributed by atoms with Crippen LogP contribution in [-0.4, -0.2) is 18.3 Å². The quantitative estimate of drug-likeness (QED) is 0.137. The largest absolute Gasteiger partial charge is 0.455 e. The van der Waals surface area contributed by atoms with Gasteiger partial charge in [-0.3, -0.25) is 0 Å². The first-order valence-electron chi connectivity index (χ1n) is 42.9. The lowest BCUT2D eigenvalue weighted by Crippen LogP contribution is -2.09. The summed E-state index contributed by atoms with van der Waals surface area (Å²) in [6, 6.07) is 155. The van der Waals surface area contributed by atoms with Crippen LogP contribution in [0.2, 0.25) is 0 Å². The summed E-state index contributed by atoms with van der Waals surface area (Å²) >= 11 is 0. The zero-order valence-corrected chi connectivity index (χ0v) is 68.3. The summed E-state index contributed by atoms with van der Waals surface area (Å²) in [6.45, 7) is 0. The van der Waals surface area contributed by atoms with Crippen LogP contribution in [0.15, 0.2) is 469 Å². The van der Waals surface area contributed by atoms with Crippen molar-refractivity contribution in [3.05, 3.63) is 455 Å². The lowest BCUT2D eigenvalue weighted by Gasteiger charge is -2.25. The number of nitrogens with zero attached hydrogens (tertiary/aromatic N) is 5. The molecule has 8 nitrogen and oxygen atoms in total. The first kappa shape index (κ1) is 71.9. The van der Waals surface area contributed by atoms with Gasteiger partial charge in [-0.15, -0.1) is 0 Å². The Morgan fingerprint density at radius 1 is 0.183 bits per heavy atom. The fraction of sp³-hybridized carbons (Fsp3) is 0. The molecule has 8 heteroatoms. The molecule has 590 valence electrons. The maximum absolute atomic E-state index is 6.65. The van der Waals surface area contributed by atoms with Gasteiger partial charge in [-0.05, 0) is 242 Å². The average molecular weight is 1610 g/mol. The minimum Gasteiger partial charge on any atom is -0.455 e. The van der Waals surface area contributed by atoms with Crippen molar-refractivity contribution in [3.63, 3.8) is 0 Å². The minimum atomic E-state index is 0.910. The van der Waals surface area contributed by atoms with Gasteiger partial charge in [0.05, 0.1) is 27.6 Å². The van der Waals surface area contributed by atoms with Crippen LogP contribution in [0.3, 0.4) is 0 Å². The Hall–Kier alpha value is -16.9. The van der Waals surface area contributed by atoms with E-state index >= 15 is 0 Å². The van der Waals surface area contributed by atoms with E-state index < -0.39 is 0 Å². The molecule has 7 heterocycles. The molecular weight excluding hydrogens is 1540 g/mol. The lowest BCUT2D eigenvalue weighted by atomic mass is 9.93. The van der Waals surface area contributed by atoms with E-state index in [0.717, 1.165) is 133 Å². The molecule has 0 bridgehead atoms. The molecule has 0 saturated heterocycles. The molecule has 0 spiro atoms. The number of anilines is 3. The second-order valence-corrected chi connectivity index (χ2v) is 32.6. The normalized spacial score (nSPS) is 11.8. The third kappa shape index (κ3) is 11.8. The van der Waals surface area contributed by atoms with Gasteiger partial charge in [-0.1, -0.05) is 255 Å². The van der Waals surface area contributed by atoms with Gasteiger partial charge in [0.25, 0.3) is 0 Å². The molecular formula is C118H75N5O3. The van der Waals surface area contributed by atoms with E-state index in [4.69, 9.17) is 13.3 Å². The molecule has 0 aliphatic rings. The molecule has 0 saturated carbocycles. The highest BCUT2D eigenvalue weighted by atomic mass is 16.3. The van der Waals surface area contributed by atoms with Gasteiger partial charge >= 0.3 is 0 Å². The molecule has 7 aromatic heterocycles. The maximum atomic E-state index is 6.65. The lowest BCUT2D eigenvalue weighted by molar-refractivity contribution is 0.672. The molecule has 0 aliphatic heterocycles. The third-order valence-corrected chi connectivity index (χ3v) is 25.6. The zero-order chi connectivity index (χ0) is 82.9. The zero-order valence-electron chi connectivity index (χ0n) is 68.3. The van der Waals surface area contributed by atoms with E-state index in [-0.39, 0.29) is 0 Å². The van der Waals surface area contributed by atoms with Gasteiger partial charge in [0.15, 0.2) is 0 Å². The number of para-hydroxylation sites is 10. The Morgan fingerprint density at radius 2 is 0.508 bits per heavy atom. The number of furan rings is 3. The fourth-order valence-corrected chi connectivity index (χ4v) is 19.8. The average Bonchev–Trinajstić information content (AvgIpc) is 1.54. The predicted octanol–water partition coefficient (Wildman–Crippen LogP) is 32.8. The van der Waals surface area contributed by atoms with E-state index in [9.17, 15) is 0 Å². The van der Waals surface area contributed by atoms with Gasteiger partial charge in [0.1, 0.15) is 33.5 Å². The van der Waals surface area contributed by atoms with Crippen molar-refractivity contribution in [2.75, 3.05) is 4.90 Å². The SMILES string of the molecule is c1ccc(-n2ccc3c4c(ccc5c6ccccc6oc54)c(-c4ccc5c(c4)c4ccccc4n5-c4ccccc4)cc32)cc1.c1ccc(-n2ccc3c4c(ccc5c6ccccc6oc54)c(-c4ccc5ccccc5c4)cc32)cc1.c1ccc(N(c2ccccc2)c2ccc(-c3cc4c(ccn4-c4ccccc4)c4c3ccc3c5ccccc5oc34)cc2)cc1. The van der Waals surface area contributed by atoms with Gasteiger partial charge < -0.3 is 36.4 Å². The minimum absolute atomic E-state index is 0.910. The Labute approximate surface area is 723 Å². The highest BCUT2D eigenvalue weighted by molar-refractivity contribution is 6.29. The van der Waals surface area contributed by atoms with E-state index in [1.54, 1.807) is 0 Å².